The summed E-state index contributed by atoms with van der Waals surface area (Å²) in [5.74, 6) is -2.74. The highest BCUT2D eigenvalue weighted by molar-refractivity contribution is 5.99. The van der Waals surface area contributed by atoms with Gasteiger partial charge in [-0.1, -0.05) is 60.7 Å². The van der Waals surface area contributed by atoms with E-state index in [0.717, 1.165) is 34.4 Å². The number of hydrogen-bond acceptors (Lipinski definition) is 12. The van der Waals surface area contributed by atoms with Crippen molar-refractivity contribution in [2.24, 2.45) is 22.9 Å². The van der Waals surface area contributed by atoms with Crippen molar-refractivity contribution in [3.63, 3.8) is 0 Å². The third-order valence-electron chi connectivity index (χ3n) is 9.01. The Balaban J connectivity index is 0.000000221. The van der Waals surface area contributed by atoms with Crippen molar-refractivity contribution < 1.29 is 18.4 Å². The van der Waals surface area contributed by atoms with E-state index in [1.165, 1.54) is 0 Å². The third kappa shape index (κ3) is 11.0. The molecule has 0 aliphatic rings. The molecule has 2 aromatic carbocycles. The summed E-state index contributed by atoms with van der Waals surface area (Å²) in [7, 11) is 0. The van der Waals surface area contributed by atoms with Gasteiger partial charge >= 0.3 is 0 Å². The van der Waals surface area contributed by atoms with Crippen molar-refractivity contribution in [3.8, 4) is 22.3 Å². The van der Waals surface area contributed by atoms with Gasteiger partial charge in [0.05, 0.1) is 34.9 Å². The van der Waals surface area contributed by atoms with E-state index in [9.17, 15) is 18.4 Å². The van der Waals surface area contributed by atoms with Gasteiger partial charge < -0.3 is 44.2 Å². The first-order chi connectivity index (χ1) is 27.7. The zero-order valence-electron chi connectivity index (χ0n) is 32.4. The Labute approximate surface area is 334 Å². The second-order valence-corrected chi connectivity index (χ2v) is 13.6. The number of carbonyl (C=O) groups is 2. The molecular formula is C42H46F2N12O2. The van der Waals surface area contributed by atoms with Crippen LogP contribution in [0.5, 0.6) is 0 Å². The maximum Gasteiger partial charge on any atom is 0.252 e. The Bertz CT molecular complexity index is 2180. The number of rotatable bonds is 14. The van der Waals surface area contributed by atoms with Crippen LogP contribution in [-0.2, 0) is 0 Å². The molecule has 0 bridgehead atoms. The zero-order valence-corrected chi connectivity index (χ0v) is 32.4. The fraction of sp³-hybridized carbons (Fsp3) is 0.190. The van der Waals surface area contributed by atoms with Gasteiger partial charge in [0, 0.05) is 47.7 Å². The molecule has 0 saturated carbocycles. The predicted octanol–water partition coefficient (Wildman–Crippen LogP) is 6.55. The molecule has 300 valence electrons. The second-order valence-electron chi connectivity index (χ2n) is 13.6. The molecule has 16 heteroatoms. The van der Waals surface area contributed by atoms with Crippen molar-refractivity contribution in [2.75, 3.05) is 21.3 Å². The van der Waals surface area contributed by atoms with Crippen LogP contribution in [0.4, 0.5) is 43.4 Å². The molecule has 0 aliphatic heterocycles. The van der Waals surface area contributed by atoms with Gasteiger partial charge in [0.2, 0.25) is 0 Å². The number of aromatic nitrogens is 4. The number of benzene rings is 2. The summed E-state index contributed by atoms with van der Waals surface area (Å²) in [4.78, 5) is 40.6. The molecule has 6 aromatic rings. The summed E-state index contributed by atoms with van der Waals surface area (Å²) in [5, 5.41) is 11.9. The Morgan fingerprint density at radius 1 is 0.534 bits per heavy atom. The van der Waals surface area contributed by atoms with E-state index in [0.29, 0.717) is 11.4 Å². The van der Waals surface area contributed by atoms with Crippen LogP contribution in [0.2, 0.25) is 0 Å². The Morgan fingerprint density at radius 3 is 1.22 bits per heavy atom. The third-order valence-corrected chi connectivity index (χ3v) is 9.01. The number of halogens is 2. The van der Waals surface area contributed by atoms with Crippen LogP contribution in [0.1, 0.15) is 48.4 Å². The van der Waals surface area contributed by atoms with E-state index in [1.807, 2.05) is 86.6 Å². The van der Waals surface area contributed by atoms with Gasteiger partial charge in [-0.3, -0.25) is 19.6 Å². The Morgan fingerprint density at radius 2 is 0.897 bits per heavy atom. The SMILES string of the molecule is C[C@H](N)[C@@H](C)Nc1nc(Nc2cncc(-c3ccccc3)c2)c(C(N)=O)cc1F.C[C@H](Nc1nc(Nc2cncc(-c3ccccc3)c2)c(C(N)=O)cc1F)[C@@H](C)N. The molecule has 12 N–H and O–H groups in total. The second kappa shape index (κ2) is 19.2. The molecule has 0 aliphatic carbocycles. The van der Waals surface area contributed by atoms with Crippen LogP contribution in [0.25, 0.3) is 22.3 Å². The molecule has 4 atom stereocenters. The average Bonchev–Trinajstić information content (AvgIpc) is 3.21. The van der Waals surface area contributed by atoms with E-state index in [1.54, 1.807) is 38.6 Å². The largest absolute Gasteiger partial charge is 0.365 e. The van der Waals surface area contributed by atoms with Crippen LogP contribution in [-0.4, -0.2) is 55.9 Å². The molecule has 0 saturated heterocycles. The van der Waals surface area contributed by atoms with Gasteiger partial charge in [-0.15, -0.1) is 0 Å². The lowest BCUT2D eigenvalue weighted by molar-refractivity contribution is 0.0992. The molecule has 14 nitrogen and oxygen atoms in total. The smallest absolute Gasteiger partial charge is 0.252 e. The van der Waals surface area contributed by atoms with E-state index >= 15 is 0 Å². The molecule has 0 fully saturated rings. The molecule has 4 heterocycles. The van der Waals surface area contributed by atoms with Crippen molar-refractivity contribution >= 4 is 46.5 Å². The van der Waals surface area contributed by atoms with Crippen LogP contribution >= 0.6 is 0 Å². The normalized spacial score (nSPS) is 12.8. The number of hydrogen-bond donors (Lipinski definition) is 8. The maximum absolute atomic E-state index is 14.4. The van der Waals surface area contributed by atoms with Crippen molar-refractivity contribution in [1.82, 2.24) is 19.9 Å². The average molecular weight is 789 g/mol. The Hall–Kier alpha value is -7.04. The van der Waals surface area contributed by atoms with Crippen LogP contribution in [0, 0.1) is 11.6 Å². The van der Waals surface area contributed by atoms with Crippen molar-refractivity contribution in [1.29, 1.82) is 0 Å². The first-order valence-electron chi connectivity index (χ1n) is 18.3. The predicted molar refractivity (Wildman–Crippen MR) is 225 cm³/mol. The van der Waals surface area contributed by atoms with E-state index in [4.69, 9.17) is 22.9 Å². The van der Waals surface area contributed by atoms with Crippen molar-refractivity contribution in [3.05, 3.63) is 132 Å². The van der Waals surface area contributed by atoms with Gasteiger partial charge in [0.15, 0.2) is 23.3 Å². The highest BCUT2D eigenvalue weighted by Crippen LogP contribution is 2.29. The quantitative estimate of drug-likeness (QED) is 0.0587. The van der Waals surface area contributed by atoms with Gasteiger partial charge in [-0.05, 0) is 63.1 Å². The highest BCUT2D eigenvalue weighted by Gasteiger charge is 2.20. The lowest BCUT2D eigenvalue weighted by Gasteiger charge is -2.20. The number of anilines is 6. The minimum Gasteiger partial charge on any atom is -0.365 e. The molecule has 0 radical (unpaired) electrons. The topological polar surface area (TPSA) is 238 Å². The summed E-state index contributed by atoms with van der Waals surface area (Å²) in [6, 6.07) is 24.3. The number of nitrogens with two attached hydrogens (primary N) is 4. The molecule has 0 spiro atoms. The highest BCUT2D eigenvalue weighted by atomic mass is 19.1. The zero-order chi connectivity index (χ0) is 41.9. The summed E-state index contributed by atoms with van der Waals surface area (Å²) >= 11 is 0. The number of pyridine rings is 4. The van der Waals surface area contributed by atoms with Gasteiger partial charge in [0.25, 0.3) is 11.8 Å². The molecule has 6 rings (SSSR count). The van der Waals surface area contributed by atoms with Gasteiger partial charge in [-0.25, -0.2) is 18.7 Å². The summed E-state index contributed by atoms with van der Waals surface area (Å²) in [6.07, 6.45) is 6.62. The first kappa shape index (κ1) is 42.1. The summed E-state index contributed by atoms with van der Waals surface area (Å²) in [5.41, 5.74) is 27.3. The fourth-order valence-corrected chi connectivity index (χ4v) is 5.31. The van der Waals surface area contributed by atoms with Crippen molar-refractivity contribution in [2.45, 2.75) is 51.9 Å². The summed E-state index contributed by atoms with van der Waals surface area (Å²) in [6.45, 7) is 7.22. The van der Waals surface area contributed by atoms with Crippen LogP contribution in [0.15, 0.2) is 110 Å². The number of amides is 2. The number of nitrogens with one attached hydrogen (secondary N) is 4. The lowest BCUT2D eigenvalue weighted by atomic mass is 10.1. The van der Waals surface area contributed by atoms with Gasteiger partial charge in [-0.2, -0.15) is 0 Å². The molecular weight excluding hydrogens is 743 g/mol. The van der Waals surface area contributed by atoms with Crippen LogP contribution < -0.4 is 44.2 Å². The minimum absolute atomic E-state index is 0.0190. The van der Waals surface area contributed by atoms with Crippen LogP contribution in [0.3, 0.4) is 0 Å². The number of nitrogens with zero attached hydrogens (tertiary/aromatic N) is 4. The molecule has 58 heavy (non-hydrogen) atoms. The minimum atomic E-state index is -0.794. The Kier molecular flexibility index (Phi) is 13.9. The van der Waals surface area contributed by atoms with Gasteiger partial charge in [0.1, 0.15) is 11.6 Å². The fourth-order valence-electron chi connectivity index (χ4n) is 5.31. The van der Waals surface area contributed by atoms with E-state index in [-0.39, 0.29) is 58.6 Å². The number of carbonyl (C=O) groups excluding carboxylic acids is 2. The first-order valence-corrected chi connectivity index (χ1v) is 18.3. The molecule has 2 amide bonds. The van der Waals surface area contributed by atoms with E-state index in [2.05, 4.69) is 41.2 Å². The monoisotopic (exact) mass is 788 g/mol. The molecule has 0 unspecified atom stereocenters. The van der Waals surface area contributed by atoms with E-state index < -0.39 is 23.4 Å². The maximum atomic E-state index is 14.4. The molecule has 4 aromatic heterocycles. The lowest BCUT2D eigenvalue weighted by Crippen LogP contribution is -2.35. The standard InChI is InChI=1S/2C21H23FN6O/c2*1-12(23)13(2)26-21-18(22)9-17(19(24)29)20(28-21)27-16-8-15(10-25-11-16)14-6-4-3-5-7-14/h2*3-13H,23H2,1-2H3,(H2,24,29)(H2,26,27,28)/t2*12-,13+/m10/s1. The summed E-state index contributed by atoms with van der Waals surface area (Å²) < 4.78 is 28.8. The number of primary amides is 2.